The van der Waals surface area contributed by atoms with E-state index in [1.54, 1.807) is 6.07 Å². The van der Waals surface area contributed by atoms with Crippen LogP contribution in [0.1, 0.15) is 33.7 Å². The molecule has 3 aromatic carbocycles. The molecule has 3 aromatic rings. The lowest BCUT2D eigenvalue weighted by atomic mass is 9.84. The Labute approximate surface area is 148 Å². The quantitative estimate of drug-likeness (QED) is 0.527. The second kappa shape index (κ2) is 6.89. The van der Waals surface area contributed by atoms with Gasteiger partial charge in [0.25, 0.3) is 0 Å². The summed E-state index contributed by atoms with van der Waals surface area (Å²) in [5.41, 5.74) is 5.09. The fraction of sp³-hybridized carbons (Fsp3) is 0.182. The van der Waals surface area contributed by atoms with E-state index in [0.717, 1.165) is 11.1 Å². The molecule has 0 aliphatic carbocycles. The number of aromatic hydroxyl groups is 2. The average molecular weight is 334 g/mol. The summed E-state index contributed by atoms with van der Waals surface area (Å²) in [5.74, 6) is 0.186. The van der Waals surface area contributed by atoms with E-state index >= 15 is 0 Å². The molecule has 128 valence electrons. The van der Waals surface area contributed by atoms with Gasteiger partial charge in [0.1, 0.15) is 5.75 Å². The normalized spacial score (nSPS) is 10.9. The number of aryl methyl sites for hydroxylation is 2. The molecular weight excluding hydrogens is 312 g/mol. The van der Waals surface area contributed by atoms with Crippen molar-refractivity contribution in [3.8, 4) is 17.2 Å². The maximum absolute atomic E-state index is 10.6. The van der Waals surface area contributed by atoms with Gasteiger partial charge in [0.15, 0.2) is 11.5 Å². The van der Waals surface area contributed by atoms with Crippen molar-refractivity contribution in [3.63, 3.8) is 0 Å². The summed E-state index contributed by atoms with van der Waals surface area (Å²) >= 11 is 0. The second-order valence-corrected chi connectivity index (χ2v) is 6.34. The molecule has 0 aliphatic heterocycles. The lowest BCUT2D eigenvalue weighted by molar-refractivity contribution is 0.367. The summed E-state index contributed by atoms with van der Waals surface area (Å²) in [6, 6.07) is 19.5. The standard InChI is InChI=1S/C22H22O3/c1-14-4-8-16(9-5-14)22(17-10-6-15(2)7-11-17)18-12-20(24)21(25-3)13-19(18)23/h4-13,22-24H,1-3H3. The number of phenols is 2. The summed E-state index contributed by atoms with van der Waals surface area (Å²) in [5, 5.41) is 20.8. The Morgan fingerprint density at radius 3 is 1.64 bits per heavy atom. The van der Waals surface area contributed by atoms with Gasteiger partial charge in [-0.3, -0.25) is 0 Å². The predicted octanol–water partition coefficient (Wildman–Crippen LogP) is 4.90. The van der Waals surface area contributed by atoms with Crippen LogP contribution >= 0.6 is 0 Å². The highest BCUT2D eigenvalue weighted by Gasteiger charge is 2.22. The number of hydrogen-bond donors (Lipinski definition) is 2. The van der Waals surface area contributed by atoms with Crippen LogP contribution in [0.15, 0.2) is 60.7 Å². The Bertz CT molecular complexity index is 820. The van der Waals surface area contributed by atoms with Gasteiger partial charge in [-0.2, -0.15) is 0 Å². The van der Waals surface area contributed by atoms with Gasteiger partial charge in [-0.15, -0.1) is 0 Å². The van der Waals surface area contributed by atoms with Crippen molar-refractivity contribution in [3.05, 3.63) is 88.5 Å². The number of methoxy groups -OCH3 is 1. The molecule has 0 fully saturated rings. The fourth-order valence-corrected chi connectivity index (χ4v) is 3.04. The van der Waals surface area contributed by atoms with Crippen LogP contribution in [0.3, 0.4) is 0 Å². The molecule has 25 heavy (non-hydrogen) atoms. The van der Waals surface area contributed by atoms with Gasteiger partial charge in [0.05, 0.1) is 7.11 Å². The van der Waals surface area contributed by atoms with Crippen LogP contribution in [0.2, 0.25) is 0 Å². The van der Waals surface area contributed by atoms with E-state index in [9.17, 15) is 10.2 Å². The Morgan fingerprint density at radius 2 is 1.20 bits per heavy atom. The minimum Gasteiger partial charge on any atom is -0.507 e. The van der Waals surface area contributed by atoms with Crippen LogP contribution in [0.4, 0.5) is 0 Å². The van der Waals surface area contributed by atoms with E-state index in [4.69, 9.17) is 4.74 Å². The summed E-state index contributed by atoms with van der Waals surface area (Å²) < 4.78 is 5.09. The van der Waals surface area contributed by atoms with Gasteiger partial charge in [0, 0.05) is 17.5 Å². The molecule has 0 aliphatic rings. The van der Waals surface area contributed by atoms with Crippen molar-refractivity contribution in [2.75, 3.05) is 7.11 Å². The zero-order valence-electron chi connectivity index (χ0n) is 14.7. The SMILES string of the molecule is COc1cc(O)c(C(c2ccc(C)cc2)c2ccc(C)cc2)cc1O. The van der Waals surface area contributed by atoms with Crippen molar-refractivity contribution >= 4 is 0 Å². The average Bonchev–Trinajstić information content (AvgIpc) is 2.61. The maximum Gasteiger partial charge on any atom is 0.164 e. The topological polar surface area (TPSA) is 49.7 Å². The first-order chi connectivity index (χ1) is 12.0. The van der Waals surface area contributed by atoms with Gasteiger partial charge in [0.2, 0.25) is 0 Å². The van der Waals surface area contributed by atoms with E-state index in [2.05, 4.69) is 48.5 Å². The monoisotopic (exact) mass is 334 g/mol. The number of hydrogen-bond acceptors (Lipinski definition) is 3. The highest BCUT2D eigenvalue weighted by atomic mass is 16.5. The summed E-state index contributed by atoms with van der Waals surface area (Å²) in [4.78, 5) is 0. The molecule has 0 radical (unpaired) electrons. The minimum absolute atomic E-state index is 0.0134. The van der Waals surface area contributed by atoms with Gasteiger partial charge >= 0.3 is 0 Å². The maximum atomic E-state index is 10.6. The van der Waals surface area contributed by atoms with Gasteiger partial charge in [-0.25, -0.2) is 0 Å². The number of rotatable bonds is 4. The molecule has 2 N–H and O–H groups in total. The van der Waals surface area contributed by atoms with Gasteiger partial charge in [-0.05, 0) is 31.0 Å². The van der Waals surface area contributed by atoms with E-state index in [1.807, 2.05) is 13.8 Å². The first-order valence-corrected chi connectivity index (χ1v) is 8.22. The lowest BCUT2D eigenvalue weighted by Gasteiger charge is -2.21. The first kappa shape index (κ1) is 16.9. The third-order valence-electron chi connectivity index (χ3n) is 4.46. The predicted molar refractivity (Wildman–Crippen MR) is 99.6 cm³/mol. The Morgan fingerprint density at radius 1 is 0.720 bits per heavy atom. The van der Waals surface area contributed by atoms with Crippen molar-refractivity contribution in [1.29, 1.82) is 0 Å². The Balaban J connectivity index is 2.19. The first-order valence-electron chi connectivity index (χ1n) is 8.22. The Hall–Kier alpha value is -2.94. The molecule has 3 rings (SSSR count). The van der Waals surface area contributed by atoms with Crippen molar-refractivity contribution in [2.24, 2.45) is 0 Å². The van der Waals surface area contributed by atoms with Crippen LogP contribution in [0, 0.1) is 13.8 Å². The molecule has 3 heteroatoms. The van der Waals surface area contributed by atoms with Crippen LogP contribution in [0.5, 0.6) is 17.2 Å². The van der Waals surface area contributed by atoms with Gasteiger partial charge in [-0.1, -0.05) is 59.7 Å². The zero-order valence-corrected chi connectivity index (χ0v) is 14.7. The largest absolute Gasteiger partial charge is 0.507 e. The molecule has 0 aromatic heterocycles. The summed E-state index contributed by atoms with van der Waals surface area (Å²) in [7, 11) is 1.46. The van der Waals surface area contributed by atoms with Crippen molar-refractivity contribution in [2.45, 2.75) is 19.8 Å². The fourth-order valence-electron chi connectivity index (χ4n) is 3.04. The van der Waals surface area contributed by atoms with Crippen LogP contribution in [-0.2, 0) is 0 Å². The molecule has 0 heterocycles. The van der Waals surface area contributed by atoms with Crippen LogP contribution < -0.4 is 4.74 Å². The van der Waals surface area contributed by atoms with E-state index < -0.39 is 0 Å². The molecule has 0 spiro atoms. The van der Waals surface area contributed by atoms with E-state index in [-0.39, 0.29) is 23.2 Å². The smallest absolute Gasteiger partial charge is 0.164 e. The van der Waals surface area contributed by atoms with E-state index in [0.29, 0.717) is 5.56 Å². The third-order valence-corrected chi connectivity index (χ3v) is 4.46. The zero-order chi connectivity index (χ0) is 18.0. The summed E-state index contributed by atoms with van der Waals surface area (Å²) in [6.45, 7) is 4.09. The third kappa shape index (κ3) is 3.45. The molecule has 0 amide bonds. The minimum atomic E-state index is -0.182. The number of phenolic OH excluding ortho intramolecular Hbond substituents is 2. The van der Waals surface area contributed by atoms with Crippen LogP contribution in [0.25, 0.3) is 0 Å². The van der Waals surface area contributed by atoms with Gasteiger partial charge < -0.3 is 14.9 Å². The molecule has 0 bridgehead atoms. The Kier molecular flexibility index (Phi) is 4.66. The number of ether oxygens (including phenoxy) is 1. The molecular formula is C22H22O3. The highest BCUT2D eigenvalue weighted by Crippen LogP contribution is 2.42. The molecule has 0 unspecified atom stereocenters. The highest BCUT2D eigenvalue weighted by molar-refractivity contribution is 5.56. The van der Waals surface area contributed by atoms with Crippen LogP contribution in [-0.4, -0.2) is 17.3 Å². The number of benzene rings is 3. The van der Waals surface area contributed by atoms with E-state index in [1.165, 1.54) is 24.3 Å². The van der Waals surface area contributed by atoms with Crippen molar-refractivity contribution in [1.82, 2.24) is 0 Å². The summed E-state index contributed by atoms with van der Waals surface area (Å²) in [6.07, 6.45) is 0. The molecule has 3 nitrogen and oxygen atoms in total. The molecule has 0 atom stereocenters. The van der Waals surface area contributed by atoms with Crippen molar-refractivity contribution < 1.29 is 14.9 Å². The molecule has 0 saturated heterocycles. The second-order valence-electron chi connectivity index (χ2n) is 6.34. The lowest BCUT2D eigenvalue weighted by Crippen LogP contribution is -2.04. The molecule has 0 saturated carbocycles.